The second kappa shape index (κ2) is 6.86. The molecule has 2 N–H and O–H groups in total. The van der Waals surface area contributed by atoms with Crippen LogP contribution in [-0.4, -0.2) is 38.0 Å². The highest BCUT2D eigenvalue weighted by molar-refractivity contribution is 7.89. The number of rotatable bonds is 6. The number of hydrogen-bond acceptors (Lipinski definition) is 7. The molecule has 0 unspecified atom stereocenters. The lowest BCUT2D eigenvalue weighted by Gasteiger charge is -2.12. The zero-order chi connectivity index (χ0) is 18.1. The van der Waals surface area contributed by atoms with Crippen LogP contribution in [0.5, 0.6) is 0 Å². The molecule has 1 aliphatic rings. The lowest BCUT2D eigenvalue weighted by molar-refractivity contribution is 0.553. The van der Waals surface area contributed by atoms with Gasteiger partial charge in [0.15, 0.2) is 10.7 Å². The Balaban J connectivity index is 1.40. The van der Waals surface area contributed by atoms with E-state index in [-0.39, 0.29) is 17.0 Å². The van der Waals surface area contributed by atoms with E-state index >= 15 is 0 Å². The number of aromatic nitrogens is 2. The normalized spacial score (nSPS) is 15.2. The number of H-pyrrole nitrogens is 1. The van der Waals surface area contributed by atoms with E-state index in [0.29, 0.717) is 11.9 Å². The van der Waals surface area contributed by atoms with Crippen molar-refractivity contribution in [3.8, 4) is 0 Å². The first-order valence-corrected chi connectivity index (χ1v) is 10.7. The minimum atomic E-state index is -3.68. The van der Waals surface area contributed by atoms with Crippen LogP contribution in [0.1, 0.15) is 18.5 Å². The van der Waals surface area contributed by atoms with Gasteiger partial charge in [0.2, 0.25) is 10.0 Å². The number of hydrogen-bond donors (Lipinski definition) is 2. The third-order valence-corrected chi connectivity index (χ3v) is 6.70. The Hall–Kier alpha value is -2.17. The van der Waals surface area contributed by atoms with Gasteiger partial charge in [-0.15, -0.1) is 11.3 Å². The fraction of sp³-hybridized carbons (Fsp3) is 0.375. The molecule has 3 heterocycles. The quantitative estimate of drug-likeness (QED) is 0.659. The molecule has 8 nitrogen and oxygen atoms in total. The van der Waals surface area contributed by atoms with Crippen LogP contribution in [0.2, 0.25) is 0 Å². The molecule has 26 heavy (non-hydrogen) atoms. The van der Waals surface area contributed by atoms with Gasteiger partial charge in [0.05, 0.1) is 16.1 Å². The highest BCUT2D eigenvalue weighted by Crippen LogP contribution is 2.24. The van der Waals surface area contributed by atoms with Gasteiger partial charge < -0.3 is 9.32 Å². The van der Waals surface area contributed by atoms with E-state index in [9.17, 15) is 13.2 Å². The van der Waals surface area contributed by atoms with Crippen LogP contribution in [-0.2, 0) is 16.4 Å². The van der Waals surface area contributed by atoms with Gasteiger partial charge in [-0.3, -0.25) is 4.98 Å². The van der Waals surface area contributed by atoms with Crippen molar-refractivity contribution in [2.45, 2.75) is 24.2 Å². The summed E-state index contributed by atoms with van der Waals surface area (Å²) in [4.78, 5) is 20.6. The zero-order valence-corrected chi connectivity index (χ0v) is 15.5. The van der Waals surface area contributed by atoms with Crippen LogP contribution in [0, 0.1) is 0 Å². The first kappa shape index (κ1) is 17.3. The van der Waals surface area contributed by atoms with Crippen molar-refractivity contribution in [2.75, 3.05) is 24.5 Å². The zero-order valence-electron chi connectivity index (χ0n) is 13.9. The van der Waals surface area contributed by atoms with Crippen LogP contribution in [0.15, 0.2) is 37.7 Å². The number of aromatic amines is 1. The van der Waals surface area contributed by atoms with Gasteiger partial charge in [0.25, 0.3) is 0 Å². The molecule has 138 valence electrons. The van der Waals surface area contributed by atoms with Gasteiger partial charge in [-0.1, -0.05) is 0 Å². The van der Waals surface area contributed by atoms with Gasteiger partial charge in [0, 0.05) is 37.5 Å². The maximum absolute atomic E-state index is 12.4. The summed E-state index contributed by atoms with van der Waals surface area (Å²) in [5.41, 5.74) is 1.56. The minimum Gasteiger partial charge on any atom is -0.408 e. The topological polar surface area (TPSA) is 108 Å². The number of thiazole rings is 1. The molecule has 0 bridgehead atoms. The van der Waals surface area contributed by atoms with E-state index in [0.717, 1.165) is 23.9 Å². The predicted octanol–water partition coefficient (Wildman–Crippen LogP) is 1.70. The smallest absolute Gasteiger partial charge is 0.408 e. The molecule has 0 amide bonds. The number of benzene rings is 1. The number of nitrogens with one attached hydrogen (secondary N) is 2. The van der Waals surface area contributed by atoms with E-state index in [1.807, 2.05) is 5.38 Å². The van der Waals surface area contributed by atoms with Crippen molar-refractivity contribution in [3.63, 3.8) is 0 Å². The minimum absolute atomic E-state index is 0.0591. The van der Waals surface area contributed by atoms with Crippen molar-refractivity contribution in [1.29, 1.82) is 0 Å². The summed E-state index contributed by atoms with van der Waals surface area (Å²) in [5.74, 6) is -0.611. The van der Waals surface area contributed by atoms with Crippen molar-refractivity contribution in [3.05, 3.63) is 39.8 Å². The first-order valence-electron chi connectivity index (χ1n) is 8.33. The third kappa shape index (κ3) is 3.53. The summed E-state index contributed by atoms with van der Waals surface area (Å²) in [6.45, 7) is 2.33. The van der Waals surface area contributed by atoms with E-state index in [4.69, 9.17) is 4.42 Å². The second-order valence-electron chi connectivity index (χ2n) is 6.14. The SMILES string of the molecule is O=c1[nH]c2ccc(S(=O)(=O)NCCc3csc(N4CCCC4)n3)cc2o1. The summed E-state index contributed by atoms with van der Waals surface area (Å²) < 4.78 is 32.3. The standard InChI is InChI=1S/C16H18N4O4S2/c21-16-19-13-4-3-12(9-14(13)24-16)26(22,23)17-6-5-11-10-25-15(18-11)20-7-1-2-8-20/h3-4,9-10,17H,1-2,5-8H2,(H,19,21). The molecule has 0 aliphatic carbocycles. The van der Waals surface area contributed by atoms with E-state index in [1.54, 1.807) is 11.3 Å². The Labute approximate surface area is 153 Å². The number of oxazole rings is 1. The van der Waals surface area contributed by atoms with E-state index in [2.05, 4.69) is 19.6 Å². The number of anilines is 1. The van der Waals surface area contributed by atoms with E-state index < -0.39 is 15.8 Å². The molecule has 0 radical (unpaired) electrons. The molecule has 3 aromatic rings. The number of sulfonamides is 1. The Morgan fingerprint density at radius 2 is 2.12 bits per heavy atom. The van der Waals surface area contributed by atoms with Gasteiger partial charge in [-0.2, -0.15) is 0 Å². The maximum atomic E-state index is 12.4. The van der Waals surface area contributed by atoms with Crippen LogP contribution in [0.4, 0.5) is 5.13 Å². The van der Waals surface area contributed by atoms with Crippen LogP contribution < -0.4 is 15.4 Å². The molecular weight excluding hydrogens is 376 g/mol. The largest absolute Gasteiger partial charge is 0.417 e. The first-order chi connectivity index (χ1) is 12.5. The summed E-state index contributed by atoms with van der Waals surface area (Å²) in [6.07, 6.45) is 2.91. The molecule has 1 fully saturated rings. The fourth-order valence-corrected chi connectivity index (χ4v) is 4.91. The molecule has 2 aromatic heterocycles. The Morgan fingerprint density at radius 1 is 1.31 bits per heavy atom. The summed E-state index contributed by atoms with van der Waals surface area (Å²) >= 11 is 1.60. The average molecular weight is 394 g/mol. The molecule has 4 rings (SSSR count). The molecule has 0 saturated carbocycles. The molecular formula is C16H18N4O4S2. The van der Waals surface area contributed by atoms with Gasteiger partial charge in [-0.25, -0.2) is 22.9 Å². The Kier molecular flexibility index (Phi) is 4.55. The number of fused-ring (bicyclic) bond motifs is 1. The highest BCUT2D eigenvalue weighted by Gasteiger charge is 2.17. The van der Waals surface area contributed by atoms with Crippen molar-refractivity contribution in [2.24, 2.45) is 0 Å². The monoisotopic (exact) mass is 394 g/mol. The molecule has 0 atom stereocenters. The van der Waals surface area contributed by atoms with Crippen molar-refractivity contribution < 1.29 is 12.8 Å². The van der Waals surface area contributed by atoms with Crippen molar-refractivity contribution in [1.82, 2.24) is 14.7 Å². The van der Waals surface area contributed by atoms with Crippen molar-refractivity contribution >= 4 is 37.6 Å². The lowest BCUT2D eigenvalue weighted by Crippen LogP contribution is -2.26. The maximum Gasteiger partial charge on any atom is 0.417 e. The van der Waals surface area contributed by atoms with Crippen LogP contribution >= 0.6 is 11.3 Å². The summed E-state index contributed by atoms with van der Waals surface area (Å²) in [5, 5.41) is 2.98. The molecule has 1 aromatic carbocycles. The highest BCUT2D eigenvalue weighted by atomic mass is 32.2. The lowest BCUT2D eigenvalue weighted by atomic mass is 10.3. The van der Waals surface area contributed by atoms with Crippen LogP contribution in [0.25, 0.3) is 11.1 Å². The van der Waals surface area contributed by atoms with Crippen LogP contribution in [0.3, 0.4) is 0 Å². The molecule has 1 aliphatic heterocycles. The van der Waals surface area contributed by atoms with Gasteiger partial charge >= 0.3 is 5.76 Å². The van der Waals surface area contributed by atoms with Gasteiger partial charge in [-0.05, 0) is 25.0 Å². The third-order valence-electron chi connectivity index (χ3n) is 4.29. The second-order valence-corrected chi connectivity index (χ2v) is 8.74. The summed E-state index contributed by atoms with van der Waals surface area (Å²) in [7, 11) is -3.68. The average Bonchev–Trinajstić information content (AvgIpc) is 3.33. The Bertz CT molecular complexity index is 1080. The number of nitrogens with zero attached hydrogens (tertiary/aromatic N) is 2. The predicted molar refractivity (Wildman–Crippen MR) is 99.3 cm³/mol. The molecule has 10 heteroatoms. The summed E-state index contributed by atoms with van der Waals surface area (Å²) in [6, 6.07) is 4.28. The Morgan fingerprint density at radius 3 is 2.92 bits per heavy atom. The fourth-order valence-electron chi connectivity index (χ4n) is 2.95. The van der Waals surface area contributed by atoms with Gasteiger partial charge in [0.1, 0.15) is 0 Å². The molecule has 1 saturated heterocycles. The van der Waals surface area contributed by atoms with E-state index in [1.165, 1.54) is 31.0 Å². The molecule has 0 spiro atoms.